The zero-order chi connectivity index (χ0) is 8.55. The second-order valence-electron chi connectivity index (χ2n) is 2.14. The number of aromatic nitrogens is 1. The number of methoxy groups -OCH3 is 1. The molecule has 0 aliphatic rings. The summed E-state index contributed by atoms with van der Waals surface area (Å²) in [6.07, 6.45) is 0. The van der Waals surface area contributed by atoms with E-state index in [2.05, 4.69) is 9.11 Å². The van der Waals surface area contributed by atoms with Crippen LogP contribution in [0, 0.1) is 0 Å². The van der Waals surface area contributed by atoms with Crippen LogP contribution in [-0.2, 0) is 4.74 Å². The topological polar surface area (TPSA) is 39.2 Å². The normalized spacial score (nSPS) is 10.4. The van der Waals surface area contributed by atoms with Crippen LogP contribution in [-0.4, -0.2) is 17.5 Å². The second kappa shape index (κ2) is 2.84. The first-order valence-corrected chi connectivity index (χ1v) is 4.89. The Labute approximate surface area is 76.8 Å². The minimum atomic E-state index is -0.301. The van der Waals surface area contributed by atoms with Crippen LogP contribution in [0.1, 0.15) is 9.67 Å². The lowest BCUT2D eigenvalue weighted by atomic mass is 10.4. The van der Waals surface area contributed by atoms with Gasteiger partial charge in [0, 0.05) is 0 Å². The Morgan fingerprint density at radius 3 is 3.25 bits per heavy atom. The number of carbonyl (C=O) groups is 1. The summed E-state index contributed by atoms with van der Waals surface area (Å²) in [5.74, 6) is -0.301. The summed E-state index contributed by atoms with van der Waals surface area (Å²) in [5, 5.41) is 1.91. The fraction of sp³-hybridized carbons (Fsp3) is 0.143. The Morgan fingerprint density at radius 1 is 1.67 bits per heavy atom. The van der Waals surface area contributed by atoms with E-state index in [1.807, 2.05) is 11.4 Å². The SMILES string of the molecule is COC(=O)c1snc2ccsc12. The molecule has 0 saturated heterocycles. The third kappa shape index (κ3) is 1.02. The van der Waals surface area contributed by atoms with E-state index < -0.39 is 0 Å². The third-order valence-electron chi connectivity index (χ3n) is 1.46. The zero-order valence-electron chi connectivity index (χ0n) is 6.23. The van der Waals surface area contributed by atoms with E-state index in [-0.39, 0.29) is 5.97 Å². The molecule has 62 valence electrons. The third-order valence-corrected chi connectivity index (χ3v) is 3.35. The van der Waals surface area contributed by atoms with Crippen molar-refractivity contribution >= 4 is 39.1 Å². The van der Waals surface area contributed by atoms with Gasteiger partial charge in [0.05, 0.1) is 17.3 Å². The van der Waals surface area contributed by atoms with Gasteiger partial charge in [-0.2, -0.15) is 4.37 Å². The fourth-order valence-electron chi connectivity index (χ4n) is 0.903. The lowest BCUT2D eigenvalue weighted by molar-refractivity contribution is 0.0608. The van der Waals surface area contributed by atoms with Crippen LogP contribution >= 0.6 is 22.9 Å². The van der Waals surface area contributed by atoms with Gasteiger partial charge in [0.1, 0.15) is 0 Å². The van der Waals surface area contributed by atoms with Crippen molar-refractivity contribution in [2.24, 2.45) is 0 Å². The van der Waals surface area contributed by atoms with E-state index in [0.717, 1.165) is 10.2 Å². The smallest absolute Gasteiger partial charge is 0.351 e. The standard InChI is InChI=1S/C7H5NO2S2/c1-10-7(9)6-5-4(8-12-6)2-3-11-5/h2-3H,1H3. The molecule has 2 rings (SSSR count). The molecular formula is C7H5NO2S2. The van der Waals surface area contributed by atoms with E-state index in [1.165, 1.54) is 30.0 Å². The Kier molecular flexibility index (Phi) is 1.82. The number of hydrogen-bond acceptors (Lipinski definition) is 5. The van der Waals surface area contributed by atoms with Crippen molar-refractivity contribution < 1.29 is 9.53 Å². The first-order valence-electron chi connectivity index (χ1n) is 3.24. The van der Waals surface area contributed by atoms with Gasteiger partial charge >= 0.3 is 5.97 Å². The fourth-order valence-corrected chi connectivity index (χ4v) is 2.66. The lowest BCUT2D eigenvalue weighted by Crippen LogP contribution is -1.97. The number of hydrogen-bond donors (Lipinski definition) is 0. The van der Waals surface area contributed by atoms with E-state index in [4.69, 9.17) is 0 Å². The van der Waals surface area contributed by atoms with Crippen molar-refractivity contribution in [3.63, 3.8) is 0 Å². The molecule has 2 aromatic heterocycles. The maximum Gasteiger partial charge on any atom is 0.351 e. The Balaban J connectivity index is 2.61. The van der Waals surface area contributed by atoms with Crippen molar-refractivity contribution in [1.29, 1.82) is 0 Å². The van der Waals surface area contributed by atoms with Gasteiger partial charge in [-0.25, -0.2) is 4.79 Å². The molecule has 0 bridgehead atoms. The highest BCUT2D eigenvalue weighted by Crippen LogP contribution is 2.27. The average molecular weight is 199 g/mol. The van der Waals surface area contributed by atoms with Crippen LogP contribution in [0.2, 0.25) is 0 Å². The Hall–Kier alpha value is -0.940. The molecule has 12 heavy (non-hydrogen) atoms. The minimum Gasteiger partial charge on any atom is -0.465 e. The molecule has 0 aliphatic heterocycles. The minimum absolute atomic E-state index is 0.301. The monoisotopic (exact) mass is 199 g/mol. The molecular weight excluding hydrogens is 194 g/mol. The van der Waals surface area contributed by atoms with Gasteiger partial charge in [-0.05, 0) is 23.0 Å². The number of rotatable bonds is 1. The van der Waals surface area contributed by atoms with Gasteiger partial charge < -0.3 is 4.74 Å². The van der Waals surface area contributed by atoms with E-state index in [1.54, 1.807) is 0 Å². The van der Waals surface area contributed by atoms with Crippen LogP contribution < -0.4 is 0 Å². The van der Waals surface area contributed by atoms with Gasteiger partial charge in [0.15, 0.2) is 4.88 Å². The summed E-state index contributed by atoms with van der Waals surface area (Å²) in [6.45, 7) is 0. The van der Waals surface area contributed by atoms with Crippen LogP contribution in [0.4, 0.5) is 0 Å². The van der Waals surface area contributed by atoms with Crippen LogP contribution in [0.3, 0.4) is 0 Å². The summed E-state index contributed by atoms with van der Waals surface area (Å²) in [4.78, 5) is 11.7. The molecule has 0 atom stereocenters. The highest BCUT2D eigenvalue weighted by atomic mass is 32.1. The molecule has 0 saturated carbocycles. The van der Waals surface area contributed by atoms with Gasteiger partial charge in [-0.15, -0.1) is 11.3 Å². The molecule has 0 radical (unpaired) electrons. The lowest BCUT2D eigenvalue weighted by Gasteiger charge is -1.91. The quantitative estimate of drug-likeness (QED) is 0.660. The average Bonchev–Trinajstić information content (AvgIpc) is 2.62. The van der Waals surface area contributed by atoms with Crippen LogP contribution in [0.25, 0.3) is 10.2 Å². The van der Waals surface area contributed by atoms with Crippen molar-refractivity contribution in [2.75, 3.05) is 7.11 Å². The summed E-state index contributed by atoms with van der Waals surface area (Å²) in [6, 6.07) is 1.89. The molecule has 0 spiro atoms. The van der Waals surface area contributed by atoms with Gasteiger partial charge in [0.2, 0.25) is 0 Å². The Morgan fingerprint density at radius 2 is 2.50 bits per heavy atom. The number of carbonyl (C=O) groups excluding carboxylic acids is 1. The molecule has 5 heteroatoms. The number of nitrogens with zero attached hydrogens (tertiary/aromatic N) is 1. The number of thiophene rings is 1. The van der Waals surface area contributed by atoms with E-state index in [0.29, 0.717) is 4.88 Å². The molecule has 0 unspecified atom stereocenters. The van der Waals surface area contributed by atoms with Crippen molar-refractivity contribution in [1.82, 2.24) is 4.37 Å². The van der Waals surface area contributed by atoms with Crippen molar-refractivity contribution in [2.45, 2.75) is 0 Å². The predicted molar refractivity (Wildman–Crippen MR) is 48.8 cm³/mol. The molecule has 0 amide bonds. The molecule has 0 fully saturated rings. The molecule has 2 aromatic rings. The summed E-state index contributed by atoms with van der Waals surface area (Å²) in [7, 11) is 1.38. The van der Waals surface area contributed by atoms with Crippen molar-refractivity contribution in [3.05, 3.63) is 16.3 Å². The molecule has 0 aromatic carbocycles. The molecule has 2 heterocycles. The molecule has 0 N–H and O–H groups in total. The van der Waals surface area contributed by atoms with E-state index in [9.17, 15) is 4.79 Å². The largest absolute Gasteiger partial charge is 0.465 e. The number of esters is 1. The first-order chi connectivity index (χ1) is 5.83. The number of ether oxygens (including phenoxy) is 1. The van der Waals surface area contributed by atoms with Crippen LogP contribution in [0.15, 0.2) is 11.4 Å². The maximum atomic E-state index is 11.1. The Bertz CT molecular complexity index is 418. The number of fused-ring (bicyclic) bond motifs is 1. The first kappa shape index (κ1) is 7.70. The highest BCUT2D eigenvalue weighted by molar-refractivity contribution is 7.22. The molecule has 3 nitrogen and oxygen atoms in total. The second-order valence-corrected chi connectivity index (χ2v) is 3.83. The predicted octanol–water partition coefficient (Wildman–Crippen LogP) is 2.14. The zero-order valence-corrected chi connectivity index (χ0v) is 7.87. The summed E-state index contributed by atoms with van der Waals surface area (Å²) in [5.41, 5.74) is 0.880. The molecule has 0 aliphatic carbocycles. The maximum absolute atomic E-state index is 11.1. The van der Waals surface area contributed by atoms with Gasteiger partial charge in [-0.1, -0.05) is 0 Å². The summed E-state index contributed by atoms with van der Waals surface area (Å²) >= 11 is 2.70. The van der Waals surface area contributed by atoms with Gasteiger partial charge in [0.25, 0.3) is 0 Å². The highest BCUT2D eigenvalue weighted by Gasteiger charge is 2.14. The van der Waals surface area contributed by atoms with Gasteiger partial charge in [-0.3, -0.25) is 0 Å². The van der Waals surface area contributed by atoms with E-state index >= 15 is 0 Å². The summed E-state index contributed by atoms with van der Waals surface area (Å²) < 4.78 is 9.63. The van der Waals surface area contributed by atoms with Crippen LogP contribution in [0.5, 0.6) is 0 Å². The van der Waals surface area contributed by atoms with Crippen molar-refractivity contribution in [3.8, 4) is 0 Å².